The summed E-state index contributed by atoms with van der Waals surface area (Å²) in [7, 11) is -1.89. The molecular weight excluding hydrogens is 412 g/mol. The Hall–Kier alpha value is -2.71. The number of aryl methyl sites for hydroxylation is 2. The van der Waals surface area contributed by atoms with Gasteiger partial charge in [0.15, 0.2) is 0 Å². The van der Waals surface area contributed by atoms with Crippen molar-refractivity contribution in [3.05, 3.63) is 59.2 Å². The summed E-state index contributed by atoms with van der Waals surface area (Å²) in [6.45, 7) is 7.11. The SMILES string of the molecule is Cc1ccc(S(=O)(=O)N(CC(=O)NN=C2CCN(C)CC2)c2cccc(C)c2C)cc1. The molecule has 0 spiro atoms. The van der Waals surface area contributed by atoms with E-state index in [0.29, 0.717) is 5.69 Å². The first kappa shape index (κ1) is 23.0. The van der Waals surface area contributed by atoms with E-state index < -0.39 is 15.9 Å². The molecule has 3 rings (SSSR count). The predicted octanol–water partition coefficient (Wildman–Crippen LogP) is 3.00. The zero-order valence-electron chi connectivity index (χ0n) is 18.6. The smallest absolute Gasteiger partial charge is 0.264 e. The molecule has 0 radical (unpaired) electrons. The topological polar surface area (TPSA) is 82.1 Å². The molecule has 0 atom stereocenters. The fourth-order valence-corrected chi connectivity index (χ4v) is 4.92. The summed E-state index contributed by atoms with van der Waals surface area (Å²) in [6, 6.07) is 12.1. The van der Waals surface area contributed by atoms with Crippen molar-refractivity contribution in [2.45, 2.75) is 38.5 Å². The minimum Gasteiger partial charge on any atom is -0.306 e. The minimum absolute atomic E-state index is 0.147. The Morgan fingerprint density at radius 1 is 1.06 bits per heavy atom. The number of hydrogen-bond donors (Lipinski definition) is 1. The summed E-state index contributed by atoms with van der Waals surface area (Å²) in [5, 5.41) is 4.24. The third-order valence-electron chi connectivity index (χ3n) is 5.64. The number of amides is 1. The summed E-state index contributed by atoms with van der Waals surface area (Å²) in [6.07, 6.45) is 1.58. The maximum atomic E-state index is 13.5. The Kier molecular flexibility index (Phi) is 7.12. The molecule has 0 aromatic heterocycles. The molecule has 1 heterocycles. The van der Waals surface area contributed by atoms with Crippen molar-refractivity contribution < 1.29 is 13.2 Å². The van der Waals surface area contributed by atoms with Crippen LogP contribution in [0.3, 0.4) is 0 Å². The number of piperidine rings is 1. The second-order valence-corrected chi connectivity index (χ2v) is 9.92. The number of benzene rings is 2. The van der Waals surface area contributed by atoms with Crippen molar-refractivity contribution in [2.24, 2.45) is 5.10 Å². The van der Waals surface area contributed by atoms with Crippen LogP contribution in [-0.2, 0) is 14.8 Å². The van der Waals surface area contributed by atoms with Gasteiger partial charge in [0.1, 0.15) is 6.54 Å². The van der Waals surface area contributed by atoms with E-state index in [9.17, 15) is 13.2 Å². The number of nitrogens with zero attached hydrogens (tertiary/aromatic N) is 3. The van der Waals surface area contributed by atoms with Crippen molar-refractivity contribution in [2.75, 3.05) is 31.0 Å². The Morgan fingerprint density at radius 3 is 2.35 bits per heavy atom. The number of likely N-dealkylation sites (tertiary alicyclic amines) is 1. The maximum Gasteiger partial charge on any atom is 0.264 e. The van der Waals surface area contributed by atoms with E-state index in [0.717, 1.165) is 48.3 Å². The van der Waals surface area contributed by atoms with Crippen LogP contribution in [-0.4, -0.2) is 51.6 Å². The van der Waals surface area contributed by atoms with Crippen molar-refractivity contribution >= 4 is 27.3 Å². The van der Waals surface area contributed by atoms with E-state index in [1.54, 1.807) is 36.4 Å². The van der Waals surface area contributed by atoms with Crippen molar-refractivity contribution in [3.8, 4) is 0 Å². The molecule has 1 saturated heterocycles. The monoisotopic (exact) mass is 442 g/mol. The number of carbonyl (C=O) groups excluding carboxylic acids is 1. The van der Waals surface area contributed by atoms with E-state index in [1.807, 2.05) is 33.9 Å². The lowest BCUT2D eigenvalue weighted by Gasteiger charge is -2.26. The molecule has 0 unspecified atom stereocenters. The second-order valence-electron chi connectivity index (χ2n) is 8.06. The molecule has 0 aliphatic carbocycles. The number of anilines is 1. The average molecular weight is 443 g/mol. The van der Waals surface area contributed by atoms with Crippen LogP contribution in [0.2, 0.25) is 0 Å². The number of sulfonamides is 1. The van der Waals surface area contributed by atoms with Crippen LogP contribution >= 0.6 is 0 Å². The summed E-state index contributed by atoms with van der Waals surface area (Å²) < 4.78 is 28.2. The van der Waals surface area contributed by atoms with E-state index >= 15 is 0 Å². The Morgan fingerprint density at radius 2 is 1.71 bits per heavy atom. The highest BCUT2D eigenvalue weighted by Gasteiger charge is 2.28. The van der Waals surface area contributed by atoms with Gasteiger partial charge in [0.25, 0.3) is 15.9 Å². The zero-order chi connectivity index (χ0) is 22.6. The molecule has 7 nitrogen and oxygen atoms in total. The van der Waals surface area contributed by atoms with E-state index in [2.05, 4.69) is 15.4 Å². The Labute approximate surface area is 184 Å². The quantitative estimate of drug-likeness (QED) is 0.698. The largest absolute Gasteiger partial charge is 0.306 e. The first-order valence-electron chi connectivity index (χ1n) is 10.4. The van der Waals surface area contributed by atoms with Crippen LogP contribution < -0.4 is 9.73 Å². The number of rotatable bonds is 6. The van der Waals surface area contributed by atoms with Gasteiger partial charge in [-0.1, -0.05) is 29.8 Å². The van der Waals surface area contributed by atoms with Gasteiger partial charge in [-0.05, 0) is 57.1 Å². The third-order valence-corrected chi connectivity index (χ3v) is 7.42. The van der Waals surface area contributed by atoms with Gasteiger partial charge in [-0.3, -0.25) is 9.10 Å². The van der Waals surface area contributed by atoms with Crippen molar-refractivity contribution in [1.29, 1.82) is 0 Å². The van der Waals surface area contributed by atoms with Gasteiger partial charge in [0, 0.05) is 31.6 Å². The molecule has 2 aromatic rings. The van der Waals surface area contributed by atoms with Gasteiger partial charge < -0.3 is 4.90 Å². The van der Waals surface area contributed by atoms with E-state index in [4.69, 9.17) is 0 Å². The number of hydrazone groups is 1. The number of hydrogen-bond acceptors (Lipinski definition) is 5. The zero-order valence-corrected chi connectivity index (χ0v) is 19.4. The van der Waals surface area contributed by atoms with Crippen LogP contribution in [0, 0.1) is 20.8 Å². The van der Waals surface area contributed by atoms with Gasteiger partial charge in [-0.2, -0.15) is 5.10 Å². The average Bonchev–Trinajstić information content (AvgIpc) is 2.74. The number of carbonyl (C=O) groups is 1. The standard InChI is InChI=1S/C23H30N4O3S/c1-17-8-10-21(11-9-17)31(29,30)27(22-7-5-6-18(2)19(22)3)16-23(28)25-24-20-12-14-26(4)15-13-20/h5-11H,12-16H2,1-4H3,(H,25,28). The summed E-state index contributed by atoms with van der Waals surface area (Å²) in [4.78, 5) is 15.1. The molecular formula is C23H30N4O3S. The molecule has 1 aliphatic rings. The van der Waals surface area contributed by atoms with Crippen LogP contribution in [0.15, 0.2) is 52.5 Å². The molecule has 0 bridgehead atoms. The highest BCUT2D eigenvalue weighted by Crippen LogP contribution is 2.28. The molecule has 2 aromatic carbocycles. The number of nitrogens with one attached hydrogen (secondary N) is 1. The molecule has 8 heteroatoms. The van der Waals surface area contributed by atoms with Gasteiger partial charge >= 0.3 is 0 Å². The maximum absolute atomic E-state index is 13.5. The molecule has 1 N–H and O–H groups in total. The molecule has 166 valence electrons. The lowest BCUT2D eigenvalue weighted by atomic mass is 10.1. The molecule has 31 heavy (non-hydrogen) atoms. The van der Waals surface area contributed by atoms with Gasteiger partial charge in [0.2, 0.25) is 0 Å². The first-order valence-corrected chi connectivity index (χ1v) is 11.8. The fraction of sp³-hybridized carbons (Fsp3) is 0.391. The molecule has 0 saturated carbocycles. The Bertz CT molecular complexity index is 1070. The fourth-order valence-electron chi connectivity index (χ4n) is 3.44. The third kappa shape index (κ3) is 5.51. The lowest BCUT2D eigenvalue weighted by Crippen LogP contribution is -2.40. The normalized spacial score (nSPS) is 14.9. The van der Waals surface area contributed by atoms with Gasteiger partial charge in [-0.25, -0.2) is 13.8 Å². The highest BCUT2D eigenvalue weighted by molar-refractivity contribution is 7.92. The van der Waals surface area contributed by atoms with Crippen molar-refractivity contribution in [3.63, 3.8) is 0 Å². The summed E-state index contributed by atoms with van der Waals surface area (Å²) in [5.74, 6) is -0.469. The van der Waals surface area contributed by atoms with E-state index in [1.165, 1.54) is 4.31 Å². The first-order chi connectivity index (χ1) is 14.7. The predicted molar refractivity (Wildman–Crippen MR) is 124 cm³/mol. The highest BCUT2D eigenvalue weighted by atomic mass is 32.2. The van der Waals surface area contributed by atoms with Crippen LogP contribution in [0.4, 0.5) is 5.69 Å². The van der Waals surface area contributed by atoms with Crippen LogP contribution in [0.25, 0.3) is 0 Å². The molecule has 1 aliphatic heterocycles. The lowest BCUT2D eigenvalue weighted by molar-refractivity contribution is -0.119. The summed E-state index contributed by atoms with van der Waals surface area (Å²) >= 11 is 0. The van der Waals surface area contributed by atoms with Crippen LogP contribution in [0.1, 0.15) is 29.5 Å². The summed E-state index contributed by atoms with van der Waals surface area (Å²) in [5.41, 5.74) is 6.70. The van der Waals surface area contributed by atoms with Crippen molar-refractivity contribution in [1.82, 2.24) is 10.3 Å². The van der Waals surface area contributed by atoms with E-state index in [-0.39, 0.29) is 11.4 Å². The van der Waals surface area contributed by atoms with Gasteiger partial charge in [0.05, 0.1) is 10.6 Å². The minimum atomic E-state index is -3.94. The molecule has 1 amide bonds. The molecule has 1 fully saturated rings. The van der Waals surface area contributed by atoms with Crippen LogP contribution in [0.5, 0.6) is 0 Å². The van der Waals surface area contributed by atoms with Gasteiger partial charge in [-0.15, -0.1) is 0 Å². The second kappa shape index (κ2) is 9.62. The Balaban J connectivity index is 1.89.